The van der Waals surface area contributed by atoms with Crippen LogP contribution < -0.4 is 0 Å². The minimum atomic E-state index is -1.10. The molecule has 4 nitrogen and oxygen atoms in total. The smallest absolute Gasteiger partial charge is 0.533 e. The van der Waals surface area contributed by atoms with E-state index in [0.29, 0.717) is 11.4 Å². The van der Waals surface area contributed by atoms with Crippen molar-refractivity contribution in [3.8, 4) is 0 Å². The van der Waals surface area contributed by atoms with Crippen molar-refractivity contribution in [2.45, 2.75) is 13.8 Å². The molecule has 0 fully saturated rings. The molecule has 0 unspecified atom stereocenters. The number of hydrogen-bond donors (Lipinski definition) is 1. The number of carboxylic acids is 1. The second-order valence-electron chi connectivity index (χ2n) is 2.16. The number of hydrogen-bond acceptors (Lipinski definition) is 3. The van der Waals surface area contributed by atoms with E-state index in [2.05, 4.69) is 16.2 Å². The summed E-state index contributed by atoms with van der Waals surface area (Å²) in [5.74, 6) is -1.10. The van der Waals surface area contributed by atoms with Gasteiger partial charge in [-0.25, -0.2) is 0 Å². The summed E-state index contributed by atoms with van der Waals surface area (Å²) in [6.45, 7) is 3.47. The molecule has 0 bridgehead atoms. The molecular formula is C7H7N2O2Ru. The monoisotopic (exact) mass is 253 g/mol. The van der Waals surface area contributed by atoms with Gasteiger partial charge in [0.15, 0.2) is 0 Å². The van der Waals surface area contributed by atoms with Gasteiger partial charge in [0.1, 0.15) is 0 Å². The van der Waals surface area contributed by atoms with E-state index in [1.54, 1.807) is 13.8 Å². The molecule has 1 aromatic rings. The minimum Gasteiger partial charge on any atom is -0.533 e. The Morgan fingerprint density at radius 3 is 2.42 bits per heavy atom. The third kappa shape index (κ3) is 2.34. The normalized spacial score (nSPS) is 8.83. The summed E-state index contributed by atoms with van der Waals surface area (Å²) in [5, 5.41) is 8.47. The summed E-state index contributed by atoms with van der Waals surface area (Å²) in [7, 11) is 0. The summed E-state index contributed by atoms with van der Waals surface area (Å²) >= 11 is 0. The third-order valence-corrected chi connectivity index (χ3v) is 1.34. The Bertz CT molecular complexity index is 301. The first kappa shape index (κ1) is 11.2. The van der Waals surface area contributed by atoms with Crippen molar-refractivity contribution in [1.29, 1.82) is 0 Å². The van der Waals surface area contributed by atoms with E-state index in [1.165, 1.54) is 0 Å². The summed E-state index contributed by atoms with van der Waals surface area (Å²) in [6.07, 6.45) is 2.32. The number of aromatic nitrogens is 2. The number of carboxylic acid groups (broad SMARTS) is 1. The fourth-order valence-electron chi connectivity index (χ4n) is 0.587. The van der Waals surface area contributed by atoms with Crippen molar-refractivity contribution in [2.75, 3.05) is 0 Å². The Hall–Kier alpha value is -0.827. The Kier molecular flexibility index (Phi) is 3.97. The average Bonchev–Trinajstić information content (AvgIpc) is 1.94. The van der Waals surface area contributed by atoms with Gasteiger partial charge < -0.3 is 14.9 Å². The topological polar surface area (TPSA) is 63.1 Å². The zero-order valence-electron chi connectivity index (χ0n) is 6.60. The van der Waals surface area contributed by atoms with Crippen LogP contribution in [-0.2, 0) is 19.5 Å². The molecule has 0 spiro atoms. The van der Waals surface area contributed by atoms with Crippen LogP contribution in [0, 0.1) is 20.0 Å². The summed E-state index contributed by atoms with van der Waals surface area (Å²) in [4.78, 5) is 17.8. The van der Waals surface area contributed by atoms with Crippen molar-refractivity contribution in [1.82, 2.24) is 9.97 Å². The molecule has 0 saturated heterocycles. The molecule has 0 atom stereocenters. The van der Waals surface area contributed by atoms with Gasteiger partial charge in [0, 0.05) is 5.69 Å². The van der Waals surface area contributed by atoms with Gasteiger partial charge in [0.05, 0.1) is 5.69 Å². The van der Waals surface area contributed by atoms with Gasteiger partial charge in [-0.1, -0.05) is 6.92 Å². The first-order chi connectivity index (χ1) is 5.11. The van der Waals surface area contributed by atoms with Crippen LogP contribution in [0.3, 0.4) is 0 Å². The van der Waals surface area contributed by atoms with E-state index >= 15 is 0 Å². The van der Waals surface area contributed by atoms with Crippen LogP contribution in [0.2, 0.25) is 0 Å². The number of carbonyl (C=O) groups is 1. The van der Waals surface area contributed by atoms with Crippen molar-refractivity contribution in [3.63, 3.8) is 0 Å². The molecule has 1 aromatic heterocycles. The van der Waals surface area contributed by atoms with Gasteiger partial charge in [-0.05, 0) is 18.8 Å². The number of rotatable bonds is 1. The molecule has 12 heavy (non-hydrogen) atoms. The molecule has 0 aliphatic heterocycles. The van der Waals surface area contributed by atoms with Crippen LogP contribution in [0.25, 0.3) is 0 Å². The summed E-state index contributed by atoms with van der Waals surface area (Å²) in [5.41, 5.74) is 1.20. The van der Waals surface area contributed by atoms with E-state index in [4.69, 9.17) is 5.11 Å². The van der Waals surface area contributed by atoms with Crippen molar-refractivity contribution >= 4 is 5.97 Å². The second kappa shape index (κ2) is 4.26. The maximum atomic E-state index is 10.3. The van der Waals surface area contributed by atoms with E-state index in [1.807, 2.05) is 0 Å². The van der Waals surface area contributed by atoms with E-state index in [-0.39, 0.29) is 25.2 Å². The van der Waals surface area contributed by atoms with Gasteiger partial charge in [-0.15, -0.1) is 0 Å². The van der Waals surface area contributed by atoms with Crippen LogP contribution in [0.15, 0.2) is 0 Å². The van der Waals surface area contributed by atoms with Gasteiger partial charge in [-0.2, -0.15) is 0 Å². The maximum absolute atomic E-state index is 10.3. The maximum Gasteiger partial charge on any atom is 1.00 e. The van der Waals surface area contributed by atoms with Gasteiger partial charge in [-0.3, -0.25) is 4.98 Å². The molecule has 1 N–H and O–H groups in total. The van der Waals surface area contributed by atoms with Gasteiger partial charge in [0.2, 0.25) is 5.97 Å². The minimum absolute atomic E-state index is 0. The summed E-state index contributed by atoms with van der Waals surface area (Å²) < 4.78 is 0. The standard InChI is InChI=1S/C7H7N2O2.Ru/c1-4-5(2)9-6(3-8-4)7(10)11;/h1-2H3,(H,10,11);/q-1;+1. The molecule has 0 aromatic carbocycles. The SMILES string of the molecule is Cc1n[c-]c(C(=O)O)nc1C.[Ru+]. The number of aromatic carboxylic acids is 1. The van der Waals surface area contributed by atoms with Crippen LogP contribution in [-0.4, -0.2) is 21.0 Å². The molecular weight excluding hydrogens is 245 g/mol. The Labute approximate surface area is 82.8 Å². The van der Waals surface area contributed by atoms with Crippen molar-refractivity contribution in [2.24, 2.45) is 0 Å². The second-order valence-corrected chi connectivity index (χ2v) is 2.16. The van der Waals surface area contributed by atoms with Crippen LogP contribution in [0.4, 0.5) is 0 Å². The number of aryl methyl sites for hydroxylation is 2. The molecule has 1 rings (SSSR count). The van der Waals surface area contributed by atoms with Crippen molar-refractivity contribution < 1.29 is 29.4 Å². The third-order valence-electron chi connectivity index (χ3n) is 1.34. The first-order valence-electron chi connectivity index (χ1n) is 3.07. The van der Waals surface area contributed by atoms with Crippen molar-refractivity contribution in [3.05, 3.63) is 23.3 Å². The predicted octanol–water partition coefficient (Wildman–Crippen LogP) is 0.589. The fourth-order valence-corrected chi connectivity index (χ4v) is 0.587. The zero-order valence-corrected chi connectivity index (χ0v) is 8.34. The first-order valence-corrected chi connectivity index (χ1v) is 3.07. The molecule has 65 valence electrons. The Balaban J connectivity index is 0.00000121. The quantitative estimate of drug-likeness (QED) is 0.587. The molecule has 0 amide bonds. The predicted molar refractivity (Wildman–Crippen MR) is 37.3 cm³/mol. The molecule has 0 aliphatic carbocycles. The largest absolute Gasteiger partial charge is 1.00 e. The Morgan fingerprint density at radius 1 is 1.42 bits per heavy atom. The van der Waals surface area contributed by atoms with Crippen LogP contribution >= 0.6 is 0 Å². The van der Waals surface area contributed by atoms with Gasteiger partial charge in [0.25, 0.3) is 0 Å². The van der Waals surface area contributed by atoms with Crippen LogP contribution in [0.5, 0.6) is 0 Å². The molecule has 5 heteroatoms. The van der Waals surface area contributed by atoms with Crippen LogP contribution in [0.1, 0.15) is 21.9 Å². The molecule has 1 radical (unpaired) electrons. The van der Waals surface area contributed by atoms with E-state index in [9.17, 15) is 4.79 Å². The number of nitrogens with zero attached hydrogens (tertiary/aromatic N) is 2. The van der Waals surface area contributed by atoms with E-state index in [0.717, 1.165) is 0 Å². The molecule has 0 aliphatic rings. The molecule has 0 saturated carbocycles. The van der Waals surface area contributed by atoms with Gasteiger partial charge >= 0.3 is 19.5 Å². The summed E-state index contributed by atoms with van der Waals surface area (Å²) in [6, 6.07) is 0. The Morgan fingerprint density at radius 2 is 2.00 bits per heavy atom. The average molecular weight is 252 g/mol. The zero-order chi connectivity index (χ0) is 8.43. The fraction of sp³-hybridized carbons (Fsp3) is 0.286. The molecule has 1 heterocycles. The van der Waals surface area contributed by atoms with E-state index < -0.39 is 5.97 Å².